The molecule has 0 spiro atoms. The van der Waals surface area contributed by atoms with Crippen molar-refractivity contribution < 1.29 is 23.8 Å². The highest BCUT2D eigenvalue weighted by atomic mass is 19.1. The second-order valence-corrected chi connectivity index (χ2v) is 9.54. The summed E-state index contributed by atoms with van der Waals surface area (Å²) in [5, 5.41) is 20.2. The molecule has 0 bridgehead atoms. The number of nitrogens with one attached hydrogen (secondary N) is 2. The molecule has 1 aliphatic rings. The van der Waals surface area contributed by atoms with Crippen molar-refractivity contribution in [3.63, 3.8) is 0 Å². The molecule has 13 heteroatoms. The fourth-order valence-corrected chi connectivity index (χ4v) is 4.59. The Morgan fingerprint density at radius 2 is 2.08 bits per heavy atom. The molecule has 40 heavy (non-hydrogen) atoms. The molecule has 12 nitrogen and oxygen atoms in total. The number of rotatable bonds is 9. The molecular weight excluding hydrogens is 521 g/mol. The van der Waals surface area contributed by atoms with E-state index < -0.39 is 36.0 Å². The maximum Gasteiger partial charge on any atom is 0.278 e. The SMILES string of the molecule is COc1cc(F)cc(C(CO)NC(=O)C(C)n2cnn3cc(-c4ccnc(NC5CCOCC5)n4)cc3c2=O)c1. The zero-order chi connectivity index (χ0) is 28.2. The summed E-state index contributed by atoms with van der Waals surface area (Å²) < 4.78 is 27.1. The van der Waals surface area contributed by atoms with E-state index in [4.69, 9.17) is 9.47 Å². The van der Waals surface area contributed by atoms with E-state index >= 15 is 0 Å². The highest BCUT2D eigenvalue weighted by molar-refractivity contribution is 5.80. The van der Waals surface area contributed by atoms with Crippen LogP contribution in [-0.2, 0) is 9.53 Å². The Bertz CT molecular complexity index is 1570. The first-order valence-electron chi connectivity index (χ1n) is 12.9. The van der Waals surface area contributed by atoms with Crippen LogP contribution in [-0.4, -0.2) is 68.1 Å². The van der Waals surface area contributed by atoms with Crippen LogP contribution in [0.3, 0.4) is 0 Å². The third kappa shape index (κ3) is 5.80. The maximum absolute atomic E-state index is 14.0. The Balaban J connectivity index is 1.36. The quantitative estimate of drug-likeness (QED) is 0.285. The Labute approximate surface area is 228 Å². The van der Waals surface area contributed by atoms with Crippen molar-refractivity contribution in [2.45, 2.75) is 37.9 Å². The average Bonchev–Trinajstić information content (AvgIpc) is 3.41. The van der Waals surface area contributed by atoms with Crippen LogP contribution in [0.1, 0.15) is 37.4 Å². The summed E-state index contributed by atoms with van der Waals surface area (Å²) >= 11 is 0. The average molecular weight is 552 g/mol. The van der Waals surface area contributed by atoms with Crippen LogP contribution in [0.25, 0.3) is 16.8 Å². The summed E-state index contributed by atoms with van der Waals surface area (Å²) in [7, 11) is 1.39. The lowest BCUT2D eigenvalue weighted by molar-refractivity contribution is -0.125. The minimum absolute atomic E-state index is 0.229. The second-order valence-electron chi connectivity index (χ2n) is 9.54. The van der Waals surface area contributed by atoms with Crippen LogP contribution < -0.4 is 20.9 Å². The van der Waals surface area contributed by atoms with Crippen LogP contribution >= 0.6 is 0 Å². The Morgan fingerprint density at radius 1 is 1.27 bits per heavy atom. The van der Waals surface area contributed by atoms with Gasteiger partial charge >= 0.3 is 0 Å². The fourth-order valence-electron chi connectivity index (χ4n) is 4.59. The van der Waals surface area contributed by atoms with Crippen molar-refractivity contribution in [2.24, 2.45) is 0 Å². The molecule has 210 valence electrons. The van der Waals surface area contributed by atoms with E-state index in [9.17, 15) is 19.1 Å². The highest BCUT2D eigenvalue weighted by Gasteiger charge is 2.23. The van der Waals surface area contributed by atoms with Crippen molar-refractivity contribution in [3.05, 3.63) is 70.8 Å². The van der Waals surface area contributed by atoms with Crippen molar-refractivity contribution in [2.75, 3.05) is 32.2 Å². The van der Waals surface area contributed by atoms with E-state index in [-0.39, 0.29) is 17.3 Å². The van der Waals surface area contributed by atoms with Gasteiger partial charge in [0, 0.05) is 43.3 Å². The van der Waals surface area contributed by atoms with Crippen LogP contribution in [0.2, 0.25) is 0 Å². The number of aliphatic hydroxyl groups excluding tert-OH is 1. The molecule has 5 rings (SSSR count). The second kappa shape index (κ2) is 11.8. The van der Waals surface area contributed by atoms with Crippen LogP contribution in [0, 0.1) is 5.82 Å². The third-order valence-corrected chi connectivity index (χ3v) is 6.89. The molecule has 4 aromatic rings. The molecule has 4 heterocycles. The van der Waals surface area contributed by atoms with Crippen molar-refractivity contribution in [3.8, 4) is 17.0 Å². The topological polar surface area (TPSA) is 145 Å². The highest BCUT2D eigenvalue weighted by Crippen LogP contribution is 2.23. The molecule has 1 amide bonds. The van der Waals surface area contributed by atoms with Crippen molar-refractivity contribution in [1.29, 1.82) is 0 Å². The summed E-state index contributed by atoms with van der Waals surface area (Å²) in [5.74, 6) is -0.382. The van der Waals surface area contributed by atoms with Crippen LogP contribution in [0.5, 0.6) is 5.75 Å². The lowest BCUT2D eigenvalue weighted by Crippen LogP contribution is -2.39. The van der Waals surface area contributed by atoms with Gasteiger partial charge < -0.3 is 25.2 Å². The number of carbonyl (C=O) groups excluding carboxylic acids is 1. The molecule has 2 atom stereocenters. The van der Waals surface area contributed by atoms with Gasteiger partial charge in [-0.25, -0.2) is 18.9 Å². The molecule has 1 aromatic carbocycles. The minimum atomic E-state index is -0.970. The van der Waals surface area contributed by atoms with E-state index in [1.807, 2.05) is 0 Å². The number of amides is 1. The zero-order valence-electron chi connectivity index (χ0n) is 22.1. The fraction of sp³-hybridized carbons (Fsp3) is 0.370. The van der Waals surface area contributed by atoms with Gasteiger partial charge in [0.2, 0.25) is 11.9 Å². The Hall–Kier alpha value is -4.36. The smallest absolute Gasteiger partial charge is 0.278 e. The summed E-state index contributed by atoms with van der Waals surface area (Å²) in [4.78, 5) is 35.3. The molecule has 3 N–H and O–H groups in total. The number of aliphatic hydroxyl groups is 1. The first-order chi connectivity index (χ1) is 19.4. The number of hydrogen-bond donors (Lipinski definition) is 3. The number of aromatic nitrogens is 5. The van der Waals surface area contributed by atoms with E-state index in [1.54, 1.807) is 24.5 Å². The van der Waals surface area contributed by atoms with Gasteiger partial charge in [-0.3, -0.25) is 14.2 Å². The summed E-state index contributed by atoms with van der Waals surface area (Å²) in [6.45, 7) is 2.44. The number of halogens is 1. The largest absolute Gasteiger partial charge is 0.497 e. The number of fused-ring (bicyclic) bond motifs is 1. The van der Waals surface area contributed by atoms with E-state index in [2.05, 4.69) is 25.7 Å². The summed E-state index contributed by atoms with van der Waals surface area (Å²) in [6, 6.07) is 5.67. The van der Waals surface area contributed by atoms with Crippen LogP contribution in [0.4, 0.5) is 10.3 Å². The molecule has 3 aromatic heterocycles. The van der Waals surface area contributed by atoms with Gasteiger partial charge in [-0.05, 0) is 49.6 Å². The van der Waals surface area contributed by atoms with Crippen molar-refractivity contribution in [1.82, 2.24) is 29.5 Å². The van der Waals surface area contributed by atoms with Gasteiger partial charge in [-0.15, -0.1) is 0 Å². The first-order valence-corrected chi connectivity index (χ1v) is 12.9. The number of nitrogens with zero attached hydrogens (tertiary/aromatic N) is 5. The molecule has 0 aliphatic carbocycles. The van der Waals surface area contributed by atoms with Crippen LogP contribution in [0.15, 0.2) is 53.8 Å². The maximum atomic E-state index is 14.0. The molecule has 2 unspecified atom stereocenters. The number of carbonyl (C=O) groups is 1. The molecule has 1 aliphatic heterocycles. The van der Waals surface area contributed by atoms with E-state index in [0.29, 0.717) is 36.0 Å². The Morgan fingerprint density at radius 3 is 2.83 bits per heavy atom. The number of methoxy groups -OCH3 is 1. The Kier molecular flexibility index (Phi) is 8.03. The van der Waals surface area contributed by atoms with Gasteiger partial charge in [0.05, 0.1) is 25.5 Å². The third-order valence-electron chi connectivity index (χ3n) is 6.89. The van der Waals surface area contributed by atoms with Crippen molar-refractivity contribution >= 4 is 17.4 Å². The predicted octanol–water partition coefficient (Wildman–Crippen LogP) is 2.10. The summed E-state index contributed by atoms with van der Waals surface area (Å²) in [5.41, 5.74) is 1.42. The number of hydrogen-bond acceptors (Lipinski definition) is 9. The first kappa shape index (κ1) is 27.2. The van der Waals surface area contributed by atoms with Gasteiger partial charge in [0.1, 0.15) is 29.5 Å². The number of ether oxygens (including phenoxy) is 2. The molecular formula is C27H30FN7O5. The minimum Gasteiger partial charge on any atom is -0.497 e. The molecule has 0 saturated carbocycles. The lowest BCUT2D eigenvalue weighted by Gasteiger charge is -2.23. The van der Waals surface area contributed by atoms with E-state index in [1.165, 1.54) is 47.6 Å². The summed E-state index contributed by atoms with van der Waals surface area (Å²) in [6.07, 6.45) is 6.35. The number of anilines is 1. The molecule has 0 radical (unpaired) electrons. The number of benzene rings is 1. The monoisotopic (exact) mass is 551 g/mol. The standard InChI is InChI=1S/C27H30FN7O5/c1-16(25(37)32-23(14-36)17-9-19(28)12-21(10-17)39-2)34-15-30-35-13-18(11-24(35)26(34)38)22-3-6-29-27(33-22)31-20-4-7-40-8-5-20/h3,6,9-13,15-16,20,23,36H,4-5,7-8,14H2,1-2H3,(H,32,37)(H,29,31,33). The predicted molar refractivity (Wildman–Crippen MR) is 144 cm³/mol. The van der Waals surface area contributed by atoms with Gasteiger partial charge in [-0.1, -0.05) is 0 Å². The zero-order valence-corrected chi connectivity index (χ0v) is 22.1. The van der Waals surface area contributed by atoms with Gasteiger partial charge in [0.15, 0.2) is 0 Å². The van der Waals surface area contributed by atoms with E-state index in [0.717, 1.165) is 12.8 Å². The molecule has 1 saturated heterocycles. The molecule has 1 fully saturated rings. The van der Waals surface area contributed by atoms with Gasteiger partial charge in [0.25, 0.3) is 5.56 Å². The lowest BCUT2D eigenvalue weighted by atomic mass is 10.1. The normalized spacial score (nSPS) is 15.5. The van der Waals surface area contributed by atoms with Gasteiger partial charge in [-0.2, -0.15) is 5.10 Å².